The summed E-state index contributed by atoms with van der Waals surface area (Å²) in [6.07, 6.45) is 4.36. The molecule has 1 aliphatic heterocycles. The van der Waals surface area contributed by atoms with E-state index in [1.165, 1.54) is 26.6 Å². The molecule has 0 N–H and O–H groups in total. The SMILES string of the molecule is Brc1ccc(-c2cnc3n2CCC3)s1. The Kier molecular flexibility index (Phi) is 1.99. The van der Waals surface area contributed by atoms with E-state index in [-0.39, 0.29) is 0 Å². The zero-order valence-corrected chi connectivity index (χ0v) is 9.94. The first-order valence-corrected chi connectivity index (χ1v) is 6.25. The van der Waals surface area contributed by atoms with Gasteiger partial charge in [0.1, 0.15) is 5.82 Å². The molecule has 14 heavy (non-hydrogen) atoms. The van der Waals surface area contributed by atoms with Crippen molar-refractivity contribution in [1.29, 1.82) is 0 Å². The maximum atomic E-state index is 4.44. The Morgan fingerprint density at radius 3 is 3.14 bits per heavy atom. The minimum absolute atomic E-state index is 1.13. The van der Waals surface area contributed by atoms with Crippen molar-refractivity contribution >= 4 is 27.3 Å². The number of hydrogen-bond acceptors (Lipinski definition) is 2. The van der Waals surface area contributed by atoms with Gasteiger partial charge in [0.25, 0.3) is 0 Å². The molecule has 2 nitrogen and oxygen atoms in total. The van der Waals surface area contributed by atoms with Gasteiger partial charge in [-0.25, -0.2) is 4.98 Å². The molecule has 3 heterocycles. The molecule has 0 bridgehead atoms. The van der Waals surface area contributed by atoms with Gasteiger partial charge in [0.05, 0.1) is 20.6 Å². The van der Waals surface area contributed by atoms with Crippen molar-refractivity contribution in [1.82, 2.24) is 9.55 Å². The fraction of sp³-hybridized carbons (Fsp3) is 0.300. The third-order valence-corrected chi connectivity index (χ3v) is 4.19. The molecule has 0 radical (unpaired) electrons. The van der Waals surface area contributed by atoms with E-state index in [0.29, 0.717) is 0 Å². The van der Waals surface area contributed by atoms with E-state index < -0.39 is 0 Å². The normalized spacial score (nSPS) is 14.6. The number of imidazole rings is 1. The highest BCUT2D eigenvalue weighted by molar-refractivity contribution is 9.11. The summed E-state index contributed by atoms with van der Waals surface area (Å²) in [6.45, 7) is 1.13. The second-order valence-electron chi connectivity index (χ2n) is 3.42. The summed E-state index contributed by atoms with van der Waals surface area (Å²) in [4.78, 5) is 5.74. The molecule has 3 rings (SSSR count). The summed E-state index contributed by atoms with van der Waals surface area (Å²) < 4.78 is 3.51. The highest BCUT2D eigenvalue weighted by Gasteiger charge is 2.17. The van der Waals surface area contributed by atoms with E-state index in [1.54, 1.807) is 11.3 Å². The summed E-state index contributed by atoms with van der Waals surface area (Å²) in [5, 5.41) is 0. The number of thiophene rings is 1. The van der Waals surface area contributed by atoms with Crippen LogP contribution in [0.3, 0.4) is 0 Å². The lowest BCUT2D eigenvalue weighted by Crippen LogP contribution is -1.93. The second-order valence-corrected chi connectivity index (χ2v) is 5.88. The van der Waals surface area contributed by atoms with Crippen molar-refractivity contribution in [2.24, 2.45) is 0 Å². The molecule has 0 saturated carbocycles. The molecule has 0 spiro atoms. The van der Waals surface area contributed by atoms with Crippen LogP contribution in [-0.4, -0.2) is 9.55 Å². The van der Waals surface area contributed by atoms with Crippen LogP contribution in [0.4, 0.5) is 0 Å². The van der Waals surface area contributed by atoms with Gasteiger partial charge < -0.3 is 4.57 Å². The predicted molar refractivity (Wildman–Crippen MR) is 61.6 cm³/mol. The third-order valence-electron chi connectivity index (χ3n) is 2.55. The molecule has 0 aromatic carbocycles. The monoisotopic (exact) mass is 268 g/mol. The number of aryl methyl sites for hydroxylation is 1. The Labute approximate surface area is 94.7 Å². The second kappa shape index (κ2) is 3.21. The maximum Gasteiger partial charge on any atom is 0.109 e. The van der Waals surface area contributed by atoms with E-state index in [2.05, 4.69) is 37.6 Å². The summed E-state index contributed by atoms with van der Waals surface area (Å²) in [7, 11) is 0. The molecule has 2 aromatic rings. The Morgan fingerprint density at radius 2 is 2.36 bits per heavy atom. The summed E-state index contributed by atoms with van der Waals surface area (Å²) in [5.41, 5.74) is 1.27. The van der Waals surface area contributed by atoms with Crippen molar-refractivity contribution in [3.63, 3.8) is 0 Å². The lowest BCUT2D eigenvalue weighted by molar-refractivity contribution is 0.757. The fourth-order valence-electron chi connectivity index (χ4n) is 1.91. The van der Waals surface area contributed by atoms with E-state index >= 15 is 0 Å². The van der Waals surface area contributed by atoms with E-state index in [9.17, 15) is 0 Å². The molecule has 72 valence electrons. The van der Waals surface area contributed by atoms with Crippen molar-refractivity contribution < 1.29 is 0 Å². The third kappa shape index (κ3) is 1.25. The number of rotatable bonds is 1. The van der Waals surface area contributed by atoms with Gasteiger partial charge in [-0.1, -0.05) is 0 Å². The molecular formula is C10H9BrN2S. The number of nitrogens with zero attached hydrogens (tertiary/aromatic N) is 2. The zero-order valence-electron chi connectivity index (χ0n) is 7.53. The molecule has 0 aliphatic carbocycles. The zero-order chi connectivity index (χ0) is 9.54. The lowest BCUT2D eigenvalue weighted by Gasteiger charge is -2.00. The Morgan fingerprint density at radius 1 is 1.43 bits per heavy atom. The molecule has 0 unspecified atom stereocenters. The first-order valence-electron chi connectivity index (χ1n) is 4.65. The number of hydrogen-bond donors (Lipinski definition) is 0. The molecule has 2 aromatic heterocycles. The van der Waals surface area contributed by atoms with Gasteiger partial charge in [-0.3, -0.25) is 0 Å². The highest BCUT2D eigenvalue weighted by Crippen LogP contribution is 2.33. The number of fused-ring (bicyclic) bond motifs is 1. The van der Waals surface area contributed by atoms with Crippen LogP contribution in [-0.2, 0) is 13.0 Å². The smallest absolute Gasteiger partial charge is 0.109 e. The molecule has 1 aliphatic rings. The Balaban J connectivity index is 2.12. The van der Waals surface area contributed by atoms with Crippen LogP contribution in [0.15, 0.2) is 22.1 Å². The van der Waals surface area contributed by atoms with E-state index in [0.717, 1.165) is 13.0 Å². The molecular weight excluding hydrogens is 260 g/mol. The molecule has 4 heteroatoms. The van der Waals surface area contributed by atoms with Gasteiger partial charge in [0.2, 0.25) is 0 Å². The minimum Gasteiger partial charge on any atom is -0.327 e. The van der Waals surface area contributed by atoms with Gasteiger partial charge >= 0.3 is 0 Å². The largest absolute Gasteiger partial charge is 0.327 e. The summed E-state index contributed by atoms with van der Waals surface area (Å²) >= 11 is 5.25. The first-order chi connectivity index (χ1) is 6.84. The van der Waals surface area contributed by atoms with Gasteiger partial charge in [0.15, 0.2) is 0 Å². The van der Waals surface area contributed by atoms with Crippen molar-refractivity contribution in [3.05, 3.63) is 27.9 Å². The van der Waals surface area contributed by atoms with Crippen LogP contribution in [0, 0.1) is 0 Å². The Hall–Kier alpha value is -0.610. The maximum absolute atomic E-state index is 4.44. The van der Waals surface area contributed by atoms with Gasteiger partial charge in [-0.2, -0.15) is 0 Å². The van der Waals surface area contributed by atoms with Crippen molar-refractivity contribution in [3.8, 4) is 10.6 Å². The molecule has 0 saturated heterocycles. The van der Waals surface area contributed by atoms with Gasteiger partial charge in [-0.15, -0.1) is 11.3 Å². The van der Waals surface area contributed by atoms with Crippen molar-refractivity contribution in [2.45, 2.75) is 19.4 Å². The average Bonchev–Trinajstić information content (AvgIpc) is 2.77. The van der Waals surface area contributed by atoms with Gasteiger partial charge in [0, 0.05) is 13.0 Å². The standard InChI is InChI=1S/C10H9BrN2S/c11-9-4-3-8(14-9)7-6-12-10-2-1-5-13(7)10/h3-4,6H,1-2,5H2. The van der Waals surface area contributed by atoms with Gasteiger partial charge in [-0.05, 0) is 34.5 Å². The first kappa shape index (κ1) is 8.68. The van der Waals surface area contributed by atoms with Crippen LogP contribution >= 0.6 is 27.3 Å². The van der Waals surface area contributed by atoms with Crippen LogP contribution in [0.1, 0.15) is 12.2 Å². The lowest BCUT2D eigenvalue weighted by atomic mass is 10.3. The average molecular weight is 269 g/mol. The van der Waals surface area contributed by atoms with Crippen LogP contribution in [0.2, 0.25) is 0 Å². The molecule has 0 atom stereocenters. The molecule has 0 amide bonds. The summed E-state index contributed by atoms with van der Waals surface area (Å²) in [5.74, 6) is 1.24. The van der Waals surface area contributed by atoms with Crippen LogP contribution in [0.5, 0.6) is 0 Å². The number of halogens is 1. The Bertz CT molecular complexity index is 472. The van der Waals surface area contributed by atoms with E-state index in [4.69, 9.17) is 0 Å². The van der Waals surface area contributed by atoms with Crippen molar-refractivity contribution in [2.75, 3.05) is 0 Å². The van der Waals surface area contributed by atoms with Crippen LogP contribution in [0.25, 0.3) is 10.6 Å². The topological polar surface area (TPSA) is 17.8 Å². The highest BCUT2D eigenvalue weighted by atomic mass is 79.9. The summed E-state index contributed by atoms with van der Waals surface area (Å²) in [6, 6.07) is 4.24. The fourth-order valence-corrected chi connectivity index (χ4v) is 3.31. The van der Waals surface area contributed by atoms with Crippen LogP contribution < -0.4 is 0 Å². The van der Waals surface area contributed by atoms with E-state index in [1.807, 2.05) is 6.20 Å². The number of aromatic nitrogens is 2. The predicted octanol–water partition coefficient (Wildman–Crippen LogP) is 3.32. The molecule has 0 fully saturated rings. The quantitative estimate of drug-likeness (QED) is 0.776. The minimum atomic E-state index is 1.13.